The maximum atomic E-state index is 2.31. The summed E-state index contributed by atoms with van der Waals surface area (Å²) in [5, 5.41) is 0. The zero-order chi connectivity index (χ0) is 5.98. The molecule has 0 saturated heterocycles. The van der Waals surface area contributed by atoms with E-state index in [-0.39, 0.29) is 2.85 Å². The van der Waals surface area contributed by atoms with Crippen LogP contribution in [0, 0.1) is 5.92 Å². The molecule has 0 aromatic carbocycles. The molecule has 0 heterocycles. The number of allylic oxidation sites excluding steroid dienone is 4. The summed E-state index contributed by atoms with van der Waals surface area (Å²) in [6, 6.07) is 0. The van der Waals surface area contributed by atoms with Crippen molar-refractivity contribution >= 4 is 0 Å². The molecular formula is C8H16. The lowest BCUT2D eigenvalue weighted by atomic mass is 9.99. The van der Waals surface area contributed by atoms with Gasteiger partial charge in [-0.3, -0.25) is 0 Å². The quantitative estimate of drug-likeness (QED) is 0.452. The van der Waals surface area contributed by atoms with Gasteiger partial charge in [-0.05, 0) is 19.3 Å². The predicted octanol–water partition coefficient (Wildman–Crippen LogP) is 3.02. The average molecular weight is 112 g/mol. The van der Waals surface area contributed by atoms with Gasteiger partial charge in [-0.2, -0.15) is 0 Å². The Morgan fingerprint density at radius 1 is 1.75 bits per heavy atom. The van der Waals surface area contributed by atoms with Crippen LogP contribution in [0.15, 0.2) is 23.8 Å². The molecular weight excluding hydrogens is 96.1 g/mol. The van der Waals surface area contributed by atoms with E-state index in [9.17, 15) is 0 Å². The first-order valence-electron chi connectivity index (χ1n) is 3.14. The highest BCUT2D eigenvalue weighted by atomic mass is 14.0. The lowest BCUT2D eigenvalue weighted by molar-refractivity contribution is 0.729. The molecule has 0 N–H and O–H groups in total. The molecule has 0 aliphatic heterocycles. The van der Waals surface area contributed by atoms with Gasteiger partial charge in [0.05, 0.1) is 0 Å². The monoisotopic (exact) mass is 112 g/mol. The molecule has 0 fully saturated rings. The summed E-state index contributed by atoms with van der Waals surface area (Å²) in [5.41, 5.74) is 1.41. The Morgan fingerprint density at radius 2 is 2.50 bits per heavy atom. The third kappa shape index (κ3) is 1.22. The number of rotatable bonds is 0. The zero-order valence-corrected chi connectivity index (χ0v) is 5.52. The highest BCUT2D eigenvalue weighted by Gasteiger charge is 1.98. The Bertz CT molecular complexity index is 136. The lowest BCUT2D eigenvalue weighted by Crippen LogP contribution is -1.91. The van der Waals surface area contributed by atoms with Crippen molar-refractivity contribution < 1.29 is 2.85 Å². The lowest BCUT2D eigenvalue weighted by Gasteiger charge is -2.07. The van der Waals surface area contributed by atoms with E-state index >= 15 is 0 Å². The minimum absolute atomic E-state index is 0. The van der Waals surface area contributed by atoms with Crippen molar-refractivity contribution in [3.8, 4) is 0 Å². The summed E-state index contributed by atoms with van der Waals surface area (Å²) in [4.78, 5) is 0. The van der Waals surface area contributed by atoms with E-state index in [4.69, 9.17) is 0 Å². The highest BCUT2D eigenvalue weighted by Crippen LogP contribution is 2.14. The second-order valence-electron chi connectivity index (χ2n) is 2.53. The third-order valence-corrected chi connectivity index (χ3v) is 1.44. The van der Waals surface area contributed by atoms with Crippen LogP contribution < -0.4 is 0 Å². The fourth-order valence-electron chi connectivity index (χ4n) is 1.04. The first kappa shape index (κ1) is 5.61. The summed E-state index contributed by atoms with van der Waals surface area (Å²) < 4.78 is 0. The van der Waals surface area contributed by atoms with E-state index in [1.807, 2.05) is 0 Å². The molecule has 1 aliphatic rings. The van der Waals surface area contributed by atoms with E-state index in [0.29, 0.717) is 0 Å². The Morgan fingerprint density at radius 3 is 2.88 bits per heavy atom. The summed E-state index contributed by atoms with van der Waals surface area (Å²) in [7, 11) is 0. The van der Waals surface area contributed by atoms with Gasteiger partial charge in [0.25, 0.3) is 0 Å². The smallest absolute Gasteiger partial charge is 0 e. The largest absolute Gasteiger partial charge is 0.0837 e. The maximum absolute atomic E-state index is 2.31. The first-order valence-corrected chi connectivity index (χ1v) is 3.14. The van der Waals surface area contributed by atoms with Gasteiger partial charge < -0.3 is 0 Å². The molecule has 0 amide bonds. The van der Waals surface area contributed by atoms with Crippen molar-refractivity contribution in [1.82, 2.24) is 0 Å². The van der Waals surface area contributed by atoms with E-state index in [2.05, 4.69) is 32.1 Å². The van der Waals surface area contributed by atoms with Crippen LogP contribution in [-0.2, 0) is 0 Å². The molecule has 0 aromatic rings. The van der Waals surface area contributed by atoms with Crippen LogP contribution in [0.3, 0.4) is 0 Å². The van der Waals surface area contributed by atoms with E-state index < -0.39 is 0 Å². The molecule has 0 aromatic heterocycles. The van der Waals surface area contributed by atoms with Crippen molar-refractivity contribution in [3.63, 3.8) is 0 Å². The summed E-state index contributed by atoms with van der Waals surface area (Å²) in [6.07, 6.45) is 7.94. The molecule has 1 rings (SSSR count). The molecule has 0 saturated carbocycles. The molecule has 8 heavy (non-hydrogen) atoms. The summed E-state index contributed by atoms with van der Waals surface area (Å²) in [6.45, 7) is 4.39. The van der Waals surface area contributed by atoms with Crippen molar-refractivity contribution in [3.05, 3.63) is 23.8 Å². The SMILES string of the molecule is CC1=CC(C)CC=C1.[HH].[HH]. The average Bonchev–Trinajstić information content (AvgIpc) is 1.64. The summed E-state index contributed by atoms with van der Waals surface area (Å²) >= 11 is 0. The molecule has 0 spiro atoms. The molecule has 0 radical (unpaired) electrons. The van der Waals surface area contributed by atoms with Crippen LogP contribution in [0.1, 0.15) is 23.1 Å². The van der Waals surface area contributed by atoms with Crippen molar-refractivity contribution in [1.29, 1.82) is 0 Å². The van der Waals surface area contributed by atoms with E-state index in [0.717, 1.165) is 5.92 Å². The fraction of sp³-hybridized carbons (Fsp3) is 0.500. The molecule has 0 nitrogen and oxygen atoms in total. The molecule has 1 atom stereocenters. The van der Waals surface area contributed by atoms with Crippen LogP contribution in [-0.4, -0.2) is 0 Å². The van der Waals surface area contributed by atoms with Crippen molar-refractivity contribution in [2.75, 3.05) is 0 Å². The van der Waals surface area contributed by atoms with Gasteiger partial charge in [0.15, 0.2) is 0 Å². The standard InChI is InChI=1S/C8H12.2H2/c1-7-4-3-5-8(2)6-7;;/h3-4,6,8H,5H2,1-2H3;2*1H. The minimum Gasteiger partial charge on any atom is -0.0837 e. The van der Waals surface area contributed by atoms with Gasteiger partial charge in [0.1, 0.15) is 0 Å². The molecule has 1 aliphatic carbocycles. The minimum atomic E-state index is 0. The molecule has 1 unspecified atom stereocenters. The van der Waals surface area contributed by atoms with Crippen LogP contribution in [0.5, 0.6) is 0 Å². The highest BCUT2D eigenvalue weighted by molar-refractivity contribution is 5.20. The number of hydrogen-bond acceptors (Lipinski definition) is 0. The van der Waals surface area contributed by atoms with Gasteiger partial charge in [-0.25, -0.2) is 0 Å². The van der Waals surface area contributed by atoms with Gasteiger partial charge >= 0.3 is 0 Å². The van der Waals surface area contributed by atoms with Gasteiger partial charge in [0.2, 0.25) is 0 Å². The van der Waals surface area contributed by atoms with Crippen LogP contribution in [0.4, 0.5) is 0 Å². The van der Waals surface area contributed by atoms with E-state index in [1.165, 1.54) is 12.0 Å². The fourth-order valence-corrected chi connectivity index (χ4v) is 1.04. The van der Waals surface area contributed by atoms with Gasteiger partial charge in [-0.1, -0.05) is 30.7 Å². The second-order valence-corrected chi connectivity index (χ2v) is 2.53. The van der Waals surface area contributed by atoms with Gasteiger partial charge in [0, 0.05) is 2.85 Å². The zero-order valence-electron chi connectivity index (χ0n) is 5.52. The predicted molar refractivity (Wildman–Crippen MR) is 40.9 cm³/mol. The number of hydrogen-bond donors (Lipinski definition) is 0. The summed E-state index contributed by atoms with van der Waals surface area (Å²) in [5.74, 6) is 0.764. The Kier molecular flexibility index (Phi) is 1.52. The van der Waals surface area contributed by atoms with Crippen LogP contribution in [0.2, 0.25) is 0 Å². The third-order valence-electron chi connectivity index (χ3n) is 1.44. The van der Waals surface area contributed by atoms with Crippen molar-refractivity contribution in [2.24, 2.45) is 5.92 Å². The van der Waals surface area contributed by atoms with Crippen LogP contribution in [0.25, 0.3) is 0 Å². The topological polar surface area (TPSA) is 0 Å². The Hall–Kier alpha value is -0.520. The molecule has 48 valence electrons. The van der Waals surface area contributed by atoms with Crippen molar-refractivity contribution in [2.45, 2.75) is 20.3 Å². The molecule has 0 bridgehead atoms. The first-order chi connectivity index (χ1) is 3.79. The van der Waals surface area contributed by atoms with E-state index in [1.54, 1.807) is 0 Å². The second kappa shape index (κ2) is 2.17. The Balaban J connectivity index is 0. The maximum Gasteiger partial charge on any atom is 0 e. The normalized spacial score (nSPS) is 27.8. The van der Waals surface area contributed by atoms with Gasteiger partial charge in [-0.15, -0.1) is 0 Å². The Labute approximate surface area is 53.9 Å². The van der Waals surface area contributed by atoms with Crippen LogP contribution >= 0.6 is 0 Å². The molecule has 0 heteroatoms.